The minimum Gasteiger partial charge on any atom is -0.382 e. The summed E-state index contributed by atoms with van der Waals surface area (Å²) >= 11 is 0. The fourth-order valence-corrected chi connectivity index (χ4v) is 2.81. The first-order valence-electron chi connectivity index (χ1n) is 7.95. The second-order valence-electron chi connectivity index (χ2n) is 6.02. The monoisotopic (exact) mass is 292 g/mol. The predicted molar refractivity (Wildman–Crippen MR) is 84.1 cm³/mol. The summed E-state index contributed by atoms with van der Waals surface area (Å²) in [4.78, 5) is 12.4. The molecule has 2 rings (SSSR count). The molecule has 0 atom stereocenters. The van der Waals surface area contributed by atoms with Crippen LogP contribution in [0.25, 0.3) is 0 Å². The molecule has 0 radical (unpaired) electrons. The molecule has 4 heteroatoms. The van der Waals surface area contributed by atoms with Gasteiger partial charge in [-0.15, -0.1) is 0 Å². The van der Waals surface area contributed by atoms with Crippen LogP contribution in [0.5, 0.6) is 0 Å². The molecule has 116 valence electrons. The summed E-state index contributed by atoms with van der Waals surface area (Å²) in [5.74, 6) is 0.204. The van der Waals surface area contributed by atoms with Gasteiger partial charge in [-0.2, -0.15) is 0 Å². The fraction of sp³-hybridized carbons (Fsp3) is 0.588. The van der Waals surface area contributed by atoms with Crippen LogP contribution in [0, 0.1) is 11.7 Å². The molecule has 0 aliphatic heterocycles. The Hall–Kier alpha value is -1.58. The molecular weight excluding hydrogens is 267 g/mol. The Morgan fingerprint density at radius 2 is 2.00 bits per heavy atom. The number of carbonyl (C=O) groups is 1. The number of halogens is 1. The molecule has 1 aromatic rings. The maximum Gasteiger partial charge on any atom is 0.253 e. The van der Waals surface area contributed by atoms with Gasteiger partial charge in [0.25, 0.3) is 5.91 Å². The Morgan fingerprint density at radius 1 is 1.29 bits per heavy atom. The van der Waals surface area contributed by atoms with Crippen molar-refractivity contribution in [2.24, 2.45) is 5.92 Å². The average Bonchev–Trinajstić information content (AvgIpc) is 2.48. The van der Waals surface area contributed by atoms with E-state index in [-0.39, 0.29) is 17.8 Å². The molecule has 2 N–H and O–H groups in total. The smallest absolute Gasteiger partial charge is 0.253 e. The number of anilines is 1. The molecule has 0 unspecified atom stereocenters. The van der Waals surface area contributed by atoms with Crippen LogP contribution in [0.4, 0.5) is 10.1 Å². The molecule has 0 spiro atoms. The van der Waals surface area contributed by atoms with E-state index >= 15 is 0 Å². The van der Waals surface area contributed by atoms with Crippen molar-refractivity contribution in [2.45, 2.75) is 52.0 Å². The zero-order chi connectivity index (χ0) is 15.2. The van der Waals surface area contributed by atoms with Crippen LogP contribution < -0.4 is 10.6 Å². The molecule has 0 aromatic heterocycles. The predicted octanol–water partition coefficient (Wildman–Crippen LogP) is 3.96. The van der Waals surface area contributed by atoms with E-state index in [1.165, 1.54) is 6.07 Å². The molecule has 1 amide bonds. The van der Waals surface area contributed by atoms with Crippen LogP contribution in [-0.2, 0) is 0 Å². The molecule has 1 fully saturated rings. The van der Waals surface area contributed by atoms with E-state index in [9.17, 15) is 9.18 Å². The number of para-hydroxylation sites is 1. The molecule has 21 heavy (non-hydrogen) atoms. The van der Waals surface area contributed by atoms with E-state index in [0.29, 0.717) is 17.8 Å². The first-order chi connectivity index (χ1) is 10.1. The zero-order valence-corrected chi connectivity index (χ0v) is 12.9. The summed E-state index contributed by atoms with van der Waals surface area (Å²) in [5.41, 5.74) is 0.725. The molecule has 1 aliphatic carbocycles. The van der Waals surface area contributed by atoms with Gasteiger partial charge < -0.3 is 10.6 Å². The Morgan fingerprint density at radius 3 is 2.67 bits per heavy atom. The Labute approximate surface area is 126 Å². The summed E-state index contributed by atoms with van der Waals surface area (Å²) in [6, 6.07) is 4.87. The number of hydrogen-bond acceptors (Lipinski definition) is 2. The van der Waals surface area contributed by atoms with E-state index in [4.69, 9.17) is 0 Å². The van der Waals surface area contributed by atoms with Gasteiger partial charge in [-0.05, 0) is 50.2 Å². The minimum atomic E-state index is -0.367. The average molecular weight is 292 g/mol. The summed E-state index contributed by atoms with van der Waals surface area (Å²) in [5, 5.41) is 6.07. The third kappa shape index (κ3) is 4.19. The lowest BCUT2D eigenvalue weighted by Crippen LogP contribution is -2.37. The van der Waals surface area contributed by atoms with Gasteiger partial charge in [0.15, 0.2) is 0 Å². The van der Waals surface area contributed by atoms with Gasteiger partial charge in [-0.25, -0.2) is 4.39 Å². The topological polar surface area (TPSA) is 41.1 Å². The number of benzene rings is 1. The van der Waals surface area contributed by atoms with Crippen LogP contribution in [0.2, 0.25) is 0 Å². The Balaban J connectivity index is 2.06. The van der Waals surface area contributed by atoms with Crippen LogP contribution in [-0.4, -0.2) is 18.5 Å². The second-order valence-corrected chi connectivity index (χ2v) is 6.02. The van der Waals surface area contributed by atoms with Gasteiger partial charge in [-0.1, -0.05) is 19.9 Å². The van der Waals surface area contributed by atoms with Crippen molar-refractivity contribution in [1.29, 1.82) is 0 Å². The quantitative estimate of drug-likeness (QED) is 0.862. The highest BCUT2D eigenvalue weighted by Crippen LogP contribution is 2.25. The largest absolute Gasteiger partial charge is 0.382 e. The zero-order valence-electron chi connectivity index (χ0n) is 12.9. The van der Waals surface area contributed by atoms with Crippen LogP contribution in [0.15, 0.2) is 18.2 Å². The highest BCUT2D eigenvalue weighted by atomic mass is 19.1. The van der Waals surface area contributed by atoms with Gasteiger partial charge in [0, 0.05) is 12.6 Å². The Bertz CT molecular complexity index is 482. The standard InChI is InChI=1S/C17H25FN2O/c1-3-11-19-16-14(5-4-6-15(16)18)17(21)20-13-9-7-12(2)8-10-13/h4-6,12-13,19H,3,7-11H2,1-2H3,(H,20,21). The number of hydrogen-bond donors (Lipinski definition) is 2. The normalized spacial score (nSPS) is 21.9. The van der Waals surface area contributed by atoms with Gasteiger partial charge in [0.1, 0.15) is 5.82 Å². The van der Waals surface area contributed by atoms with Crippen molar-refractivity contribution < 1.29 is 9.18 Å². The molecule has 1 saturated carbocycles. The third-order valence-electron chi connectivity index (χ3n) is 4.16. The molecule has 1 aliphatic rings. The molecule has 0 heterocycles. The van der Waals surface area contributed by atoms with Crippen molar-refractivity contribution >= 4 is 11.6 Å². The number of carbonyl (C=O) groups excluding carboxylic acids is 1. The van der Waals surface area contributed by atoms with Crippen molar-refractivity contribution in [3.05, 3.63) is 29.6 Å². The summed E-state index contributed by atoms with van der Waals surface area (Å²) in [6.45, 7) is 4.91. The Kier molecular flexibility index (Phi) is 5.59. The lowest BCUT2D eigenvalue weighted by atomic mass is 9.87. The lowest BCUT2D eigenvalue weighted by molar-refractivity contribution is 0.0923. The number of amides is 1. The molecule has 1 aromatic carbocycles. The number of nitrogens with one attached hydrogen (secondary N) is 2. The van der Waals surface area contributed by atoms with Gasteiger partial charge >= 0.3 is 0 Å². The summed E-state index contributed by atoms with van der Waals surface area (Å²) in [6.07, 6.45) is 5.21. The third-order valence-corrected chi connectivity index (χ3v) is 4.16. The van der Waals surface area contributed by atoms with Crippen molar-refractivity contribution in [2.75, 3.05) is 11.9 Å². The molecule has 0 bridgehead atoms. The van der Waals surface area contributed by atoms with E-state index in [1.807, 2.05) is 6.92 Å². The first-order valence-corrected chi connectivity index (χ1v) is 7.95. The van der Waals surface area contributed by atoms with Crippen molar-refractivity contribution in [3.8, 4) is 0 Å². The summed E-state index contributed by atoms with van der Waals surface area (Å²) in [7, 11) is 0. The van der Waals surface area contributed by atoms with Crippen molar-refractivity contribution in [1.82, 2.24) is 5.32 Å². The van der Waals surface area contributed by atoms with E-state index in [2.05, 4.69) is 17.6 Å². The van der Waals surface area contributed by atoms with Crippen molar-refractivity contribution in [3.63, 3.8) is 0 Å². The molecule has 0 saturated heterocycles. The van der Waals surface area contributed by atoms with E-state index < -0.39 is 0 Å². The maximum absolute atomic E-state index is 13.9. The van der Waals surface area contributed by atoms with E-state index in [1.54, 1.807) is 12.1 Å². The maximum atomic E-state index is 13.9. The minimum absolute atomic E-state index is 0.173. The number of rotatable bonds is 5. The molecular formula is C17H25FN2O. The first kappa shape index (κ1) is 15.8. The highest BCUT2D eigenvalue weighted by molar-refractivity contribution is 5.99. The summed E-state index contributed by atoms with van der Waals surface area (Å²) < 4.78 is 13.9. The second kappa shape index (κ2) is 7.43. The van der Waals surface area contributed by atoms with Gasteiger partial charge in [-0.3, -0.25) is 4.79 Å². The van der Waals surface area contributed by atoms with Crippen LogP contribution >= 0.6 is 0 Å². The van der Waals surface area contributed by atoms with Crippen LogP contribution in [0.1, 0.15) is 56.3 Å². The van der Waals surface area contributed by atoms with Gasteiger partial charge in [0.05, 0.1) is 11.3 Å². The van der Waals surface area contributed by atoms with Crippen LogP contribution in [0.3, 0.4) is 0 Å². The fourth-order valence-electron chi connectivity index (χ4n) is 2.81. The SMILES string of the molecule is CCCNc1c(F)cccc1C(=O)NC1CCC(C)CC1. The van der Waals surface area contributed by atoms with Gasteiger partial charge in [0.2, 0.25) is 0 Å². The highest BCUT2D eigenvalue weighted by Gasteiger charge is 2.22. The molecule has 3 nitrogen and oxygen atoms in total. The lowest BCUT2D eigenvalue weighted by Gasteiger charge is -2.27. The van der Waals surface area contributed by atoms with E-state index in [0.717, 1.165) is 38.0 Å².